The molecule has 0 aliphatic rings. The number of halogens is 4. The summed E-state index contributed by atoms with van der Waals surface area (Å²) in [7, 11) is 0. The molecule has 0 amide bonds. The third-order valence-electron chi connectivity index (χ3n) is 2.73. The molecular weight excluding hydrogens is 265 g/mol. The molecule has 0 aliphatic heterocycles. The van der Waals surface area contributed by atoms with Crippen LogP contribution in [-0.4, -0.2) is 5.78 Å². The molecule has 0 spiro atoms. The summed E-state index contributed by atoms with van der Waals surface area (Å²) in [4.78, 5) is 12.0. The maximum absolute atomic E-state index is 12.6. The highest BCUT2D eigenvalue weighted by Crippen LogP contribution is 2.32. The van der Waals surface area contributed by atoms with Crippen LogP contribution in [0.5, 0.6) is 0 Å². The van der Waals surface area contributed by atoms with Crippen molar-refractivity contribution in [1.29, 1.82) is 0 Å². The van der Waals surface area contributed by atoms with E-state index in [0.717, 1.165) is 24.6 Å². The van der Waals surface area contributed by atoms with E-state index in [0.29, 0.717) is 6.42 Å². The standard InChI is InChI=1S/C13H14ClF3O/c1-3-4-8(2)12(18)10-7-9(13(15,16)17)5-6-11(10)14/h5-8H,3-4H2,1-2H3. The van der Waals surface area contributed by atoms with Crippen LogP contribution in [0.1, 0.15) is 42.6 Å². The van der Waals surface area contributed by atoms with Crippen LogP contribution in [0.2, 0.25) is 5.02 Å². The molecule has 1 nitrogen and oxygen atoms in total. The summed E-state index contributed by atoms with van der Waals surface area (Å²) >= 11 is 5.80. The number of alkyl halides is 3. The van der Waals surface area contributed by atoms with Gasteiger partial charge in [0, 0.05) is 11.5 Å². The summed E-state index contributed by atoms with van der Waals surface area (Å²) < 4.78 is 37.7. The Kier molecular flexibility index (Phi) is 4.79. The summed E-state index contributed by atoms with van der Waals surface area (Å²) in [5.41, 5.74) is -0.897. The topological polar surface area (TPSA) is 17.1 Å². The van der Waals surface area contributed by atoms with Crippen LogP contribution in [0.15, 0.2) is 18.2 Å². The van der Waals surface area contributed by atoms with Crippen LogP contribution in [0.4, 0.5) is 13.2 Å². The van der Waals surface area contributed by atoms with E-state index in [4.69, 9.17) is 11.6 Å². The van der Waals surface area contributed by atoms with E-state index < -0.39 is 11.7 Å². The van der Waals surface area contributed by atoms with E-state index in [-0.39, 0.29) is 22.3 Å². The summed E-state index contributed by atoms with van der Waals surface area (Å²) in [5.74, 6) is -0.663. The molecule has 0 bridgehead atoms. The Balaban J connectivity index is 3.12. The Morgan fingerprint density at radius 3 is 2.50 bits per heavy atom. The lowest BCUT2D eigenvalue weighted by molar-refractivity contribution is -0.137. The van der Waals surface area contributed by atoms with Gasteiger partial charge in [-0.15, -0.1) is 0 Å². The highest BCUT2D eigenvalue weighted by Gasteiger charge is 2.32. The van der Waals surface area contributed by atoms with Gasteiger partial charge in [-0.3, -0.25) is 4.79 Å². The van der Waals surface area contributed by atoms with Gasteiger partial charge in [0.05, 0.1) is 10.6 Å². The molecule has 100 valence electrons. The van der Waals surface area contributed by atoms with Crippen molar-refractivity contribution in [2.75, 3.05) is 0 Å². The molecular formula is C13H14ClF3O. The molecule has 1 aromatic rings. The third kappa shape index (κ3) is 3.48. The number of hydrogen-bond acceptors (Lipinski definition) is 1. The van der Waals surface area contributed by atoms with Crippen molar-refractivity contribution in [2.24, 2.45) is 5.92 Å². The van der Waals surface area contributed by atoms with Gasteiger partial charge in [-0.1, -0.05) is 31.9 Å². The normalized spacial score (nSPS) is 13.4. The lowest BCUT2D eigenvalue weighted by Crippen LogP contribution is -2.14. The van der Waals surface area contributed by atoms with Crippen molar-refractivity contribution in [3.63, 3.8) is 0 Å². The van der Waals surface area contributed by atoms with E-state index in [1.54, 1.807) is 6.92 Å². The summed E-state index contributed by atoms with van der Waals surface area (Å²) in [6.45, 7) is 3.61. The second-order valence-electron chi connectivity index (χ2n) is 4.25. The number of benzene rings is 1. The molecule has 0 aliphatic carbocycles. The van der Waals surface area contributed by atoms with E-state index in [9.17, 15) is 18.0 Å². The van der Waals surface area contributed by atoms with Gasteiger partial charge in [-0.2, -0.15) is 13.2 Å². The number of carbonyl (C=O) groups excluding carboxylic acids is 1. The maximum Gasteiger partial charge on any atom is 0.416 e. The zero-order chi connectivity index (χ0) is 13.9. The Bertz CT molecular complexity index is 440. The molecule has 18 heavy (non-hydrogen) atoms. The van der Waals surface area contributed by atoms with Gasteiger partial charge in [0.25, 0.3) is 0 Å². The van der Waals surface area contributed by atoms with Crippen molar-refractivity contribution in [1.82, 2.24) is 0 Å². The second kappa shape index (κ2) is 5.74. The fraction of sp³-hybridized carbons (Fsp3) is 0.462. The molecule has 0 N–H and O–H groups in total. The lowest BCUT2D eigenvalue weighted by Gasteiger charge is -2.13. The van der Waals surface area contributed by atoms with Gasteiger partial charge >= 0.3 is 6.18 Å². The fourth-order valence-corrected chi connectivity index (χ4v) is 1.93. The average Bonchev–Trinajstić information content (AvgIpc) is 2.27. The molecule has 0 saturated heterocycles. The molecule has 5 heteroatoms. The van der Waals surface area contributed by atoms with E-state index in [2.05, 4.69) is 0 Å². The molecule has 0 aromatic heterocycles. The summed E-state index contributed by atoms with van der Waals surface area (Å²) in [6.07, 6.45) is -3.04. The van der Waals surface area contributed by atoms with Crippen molar-refractivity contribution in [3.8, 4) is 0 Å². The Morgan fingerprint density at radius 1 is 1.39 bits per heavy atom. The lowest BCUT2D eigenvalue weighted by atomic mass is 9.94. The van der Waals surface area contributed by atoms with Gasteiger partial charge in [0.1, 0.15) is 0 Å². The predicted molar refractivity (Wildman–Crippen MR) is 64.9 cm³/mol. The number of rotatable bonds is 4. The van der Waals surface area contributed by atoms with Crippen molar-refractivity contribution in [2.45, 2.75) is 32.9 Å². The monoisotopic (exact) mass is 278 g/mol. The first kappa shape index (κ1) is 15.0. The van der Waals surface area contributed by atoms with Gasteiger partial charge in [-0.25, -0.2) is 0 Å². The minimum atomic E-state index is -4.46. The molecule has 1 unspecified atom stereocenters. The maximum atomic E-state index is 12.6. The average molecular weight is 279 g/mol. The van der Waals surface area contributed by atoms with E-state index >= 15 is 0 Å². The van der Waals surface area contributed by atoms with Gasteiger partial charge in [0.2, 0.25) is 0 Å². The molecule has 1 rings (SSSR count). The summed E-state index contributed by atoms with van der Waals surface area (Å²) in [6, 6.07) is 2.83. The Labute approximate surface area is 109 Å². The van der Waals surface area contributed by atoms with Gasteiger partial charge in [0.15, 0.2) is 5.78 Å². The zero-order valence-electron chi connectivity index (χ0n) is 10.1. The quantitative estimate of drug-likeness (QED) is 0.710. The minimum absolute atomic E-state index is 0.0487. The second-order valence-corrected chi connectivity index (χ2v) is 4.65. The highest BCUT2D eigenvalue weighted by molar-refractivity contribution is 6.34. The van der Waals surface area contributed by atoms with E-state index in [1.807, 2.05) is 6.92 Å². The van der Waals surface area contributed by atoms with Crippen molar-refractivity contribution in [3.05, 3.63) is 34.3 Å². The van der Waals surface area contributed by atoms with Gasteiger partial charge in [-0.05, 0) is 24.6 Å². The van der Waals surface area contributed by atoms with Crippen molar-refractivity contribution >= 4 is 17.4 Å². The van der Waals surface area contributed by atoms with E-state index in [1.165, 1.54) is 0 Å². The summed E-state index contributed by atoms with van der Waals surface area (Å²) in [5, 5.41) is 0.0657. The fourth-order valence-electron chi connectivity index (χ4n) is 1.72. The predicted octanol–water partition coefficient (Wildman–Crippen LogP) is 4.98. The first-order chi connectivity index (χ1) is 8.27. The largest absolute Gasteiger partial charge is 0.416 e. The van der Waals surface area contributed by atoms with Crippen LogP contribution in [0.3, 0.4) is 0 Å². The first-order valence-electron chi connectivity index (χ1n) is 5.68. The van der Waals surface area contributed by atoms with Crippen LogP contribution >= 0.6 is 11.6 Å². The smallest absolute Gasteiger partial charge is 0.294 e. The number of hydrogen-bond donors (Lipinski definition) is 0. The van der Waals surface area contributed by atoms with Crippen LogP contribution in [0.25, 0.3) is 0 Å². The van der Waals surface area contributed by atoms with Crippen LogP contribution < -0.4 is 0 Å². The highest BCUT2D eigenvalue weighted by atomic mass is 35.5. The number of ketones is 1. The molecule has 0 radical (unpaired) electrons. The van der Waals surface area contributed by atoms with Crippen LogP contribution in [0, 0.1) is 5.92 Å². The molecule has 1 atom stereocenters. The first-order valence-corrected chi connectivity index (χ1v) is 6.06. The molecule has 0 heterocycles. The third-order valence-corrected chi connectivity index (χ3v) is 3.06. The molecule has 1 aromatic carbocycles. The van der Waals surface area contributed by atoms with Crippen molar-refractivity contribution < 1.29 is 18.0 Å². The number of carbonyl (C=O) groups is 1. The van der Waals surface area contributed by atoms with Gasteiger partial charge < -0.3 is 0 Å². The SMILES string of the molecule is CCCC(C)C(=O)c1cc(C(F)(F)F)ccc1Cl. The van der Waals surface area contributed by atoms with Crippen LogP contribution in [-0.2, 0) is 6.18 Å². The molecule has 0 saturated carbocycles. The number of Topliss-reactive ketones (excluding diaryl/α,β-unsaturated/α-hetero) is 1. The minimum Gasteiger partial charge on any atom is -0.294 e. The Morgan fingerprint density at radius 2 is 2.00 bits per heavy atom. The Hall–Kier alpha value is -1.03. The molecule has 0 fully saturated rings. The zero-order valence-corrected chi connectivity index (χ0v) is 10.9.